The van der Waals surface area contributed by atoms with Crippen molar-refractivity contribution in [3.05, 3.63) is 41.7 Å². The fourth-order valence-electron chi connectivity index (χ4n) is 3.27. The molecule has 2 unspecified atom stereocenters. The zero-order chi connectivity index (χ0) is 14.7. The van der Waals surface area contributed by atoms with Crippen LogP contribution in [-0.4, -0.2) is 25.1 Å². The number of rotatable bonds is 2. The first kappa shape index (κ1) is 14.3. The van der Waals surface area contributed by atoms with Gasteiger partial charge in [-0.1, -0.05) is 36.8 Å². The molecule has 3 nitrogen and oxygen atoms in total. The molecule has 21 heavy (non-hydrogen) atoms. The van der Waals surface area contributed by atoms with Crippen molar-refractivity contribution in [2.75, 3.05) is 13.2 Å². The van der Waals surface area contributed by atoms with Crippen molar-refractivity contribution < 1.29 is 14.3 Å². The van der Waals surface area contributed by atoms with Crippen molar-refractivity contribution >= 4 is 11.4 Å². The van der Waals surface area contributed by atoms with Gasteiger partial charge in [-0.15, -0.1) is 0 Å². The third kappa shape index (κ3) is 3.03. The summed E-state index contributed by atoms with van der Waals surface area (Å²) in [4.78, 5) is 12.2. The Balaban J connectivity index is 1.92. The van der Waals surface area contributed by atoms with Crippen molar-refractivity contribution in [2.45, 2.75) is 38.7 Å². The van der Waals surface area contributed by atoms with Gasteiger partial charge in [0.2, 0.25) is 0 Å². The minimum absolute atomic E-state index is 0.0345. The SMILES string of the molecule is C/C(=C1/OCCOC1C1CCCCC1=O)c1ccccc1. The van der Waals surface area contributed by atoms with E-state index in [1.165, 1.54) is 0 Å². The second-order valence-electron chi connectivity index (χ2n) is 5.81. The first-order chi connectivity index (χ1) is 10.3. The van der Waals surface area contributed by atoms with E-state index in [-0.39, 0.29) is 12.0 Å². The molecule has 0 aromatic heterocycles. The average molecular weight is 286 g/mol. The van der Waals surface area contributed by atoms with Crippen LogP contribution in [0.1, 0.15) is 38.2 Å². The van der Waals surface area contributed by atoms with Gasteiger partial charge in [0.1, 0.15) is 24.3 Å². The highest BCUT2D eigenvalue weighted by Crippen LogP contribution is 2.34. The van der Waals surface area contributed by atoms with Gasteiger partial charge in [0, 0.05) is 6.42 Å². The van der Waals surface area contributed by atoms with Crippen molar-refractivity contribution in [2.24, 2.45) is 5.92 Å². The standard InChI is InChI=1S/C18H22O3/c1-13(14-7-3-2-4-8-14)17-18(21-12-11-20-17)15-9-5-6-10-16(15)19/h2-4,7-8,15,18H,5-6,9-12H2,1H3/b17-13-. The lowest BCUT2D eigenvalue weighted by Crippen LogP contribution is -2.39. The summed E-state index contributed by atoms with van der Waals surface area (Å²) in [7, 11) is 0. The molecule has 0 N–H and O–H groups in total. The highest BCUT2D eigenvalue weighted by atomic mass is 16.6. The van der Waals surface area contributed by atoms with Crippen LogP contribution in [0.25, 0.3) is 5.57 Å². The molecule has 0 radical (unpaired) electrons. The number of allylic oxidation sites excluding steroid dienone is 1. The Kier molecular flexibility index (Phi) is 4.39. The molecule has 1 heterocycles. The summed E-state index contributed by atoms with van der Waals surface area (Å²) >= 11 is 0. The molecule has 0 bridgehead atoms. The van der Waals surface area contributed by atoms with E-state index in [9.17, 15) is 4.79 Å². The number of Topliss-reactive ketones (excluding diaryl/α,β-unsaturated/α-hetero) is 1. The van der Waals surface area contributed by atoms with E-state index in [0.29, 0.717) is 25.4 Å². The maximum absolute atomic E-state index is 12.2. The lowest BCUT2D eigenvalue weighted by atomic mass is 9.82. The Morgan fingerprint density at radius 3 is 2.71 bits per heavy atom. The molecule has 2 fully saturated rings. The summed E-state index contributed by atoms with van der Waals surface area (Å²) < 4.78 is 11.9. The van der Waals surface area contributed by atoms with Gasteiger partial charge in [-0.25, -0.2) is 0 Å². The van der Waals surface area contributed by atoms with Crippen LogP contribution in [0.4, 0.5) is 0 Å². The van der Waals surface area contributed by atoms with Crippen molar-refractivity contribution in [1.82, 2.24) is 0 Å². The summed E-state index contributed by atoms with van der Waals surface area (Å²) in [6, 6.07) is 10.2. The van der Waals surface area contributed by atoms with Crippen LogP contribution in [0.5, 0.6) is 0 Å². The number of carbonyl (C=O) groups excluding carboxylic acids is 1. The molecular weight excluding hydrogens is 264 g/mol. The highest BCUT2D eigenvalue weighted by Gasteiger charge is 2.37. The van der Waals surface area contributed by atoms with Crippen molar-refractivity contribution in [3.63, 3.8) is 0 Å². The third-order valence-electron chi connectivity index (χ3n) is 4.44. The summed E-state index contributed by atoms with van der Waals surface area (Å²) in [6.45, 7) is 3.19. The molecule has 1 aromatic carbocycles. The van der Waals surface area contributed by atoms with Gasteiger partial charge in [0.25, 0.3) is 0 Å². The Morgan fingerprint density at radius 2 is 1.95 bits per heavy atom. The van der Waals surface area contributed by atoms with Crippen LogP contribution in [-0.2, 0) is 14.3 Å². The number of carbonyl (C=O) groups is 1. The van der Waals surface area contributed by atoms with Gasteiger partial charge in [-0.2, -0.15) is 0 Å². The quantitative estimate of drug-likeness (QED) is 0.833. The van der Waals surface area contributed by atoms with Crippen molar-refractivity contribution in [3.8, 4) is 0 Å². The zero-order valence-electron chi connectivity index (χ0n) is 12.5. The fourth-order valence-corrected chi connectivity index (χ4v) is 3.27. The molecule has 2 aliphatic rings. The van der Waals surface area contributed by atoms with E-state index in [4.69, 9.17) is 9.47 Å². The lowest BCUT2D eigenvalue weighted by molar-refractivity contribution is -0.135. The number of ketones is 1. The Hall–Kier alpha value is -1.61. The molecular formula is C18H22O3. The van der Waals surface area contributed by atoms with Gasteiger partial charge in [-0.3, -0.25) is 4.79 Å². The molecule has 3 rings (SSSR count). The van der Waals surface area contributed by atoms with Crippen LogP contribution in [0.3, 0.4) is 0 Å². The average Bonchev–Trinajstić information content (AvgIpc) is 2.55. The molecule has 1 aromatic rings. The van der Waals surface area contributed by atoms with Gasteiger partial charge < -0.3 is 9.47 Å². The normalized spacial score (nSPS) is 28.9. The van der Waals surface area contributed by atoms with E-state index >= 15 is 0 Å². The van der Waals surface area contributed by atoms with Crippen LogP contribution >= 0.6 is 0 Å². The minimum Gasteiger partial charge on any atom is -0.492 e. The Labute approximate surface area is 125 Å². The molecule has 112 valence electrons. The summed E-state index contributed by atoms with van der Waals surface area (Å²) in [5.41, 5.74) is 2.21. The smallest absolute Gasteiger partial charge is 0.139 e. The van der Waals surface area contributed by atoms with Crippen LogP contribution in [0, 0.1) is 5.92 Å². The zero-order valence-corrected chi connectivity index (χ0v) is 12.5. The molecule has 1 saturated heterocycles. The molecule has 1 aliphatic heterocycles. The second-order valence-corrected chi connectivity index (χ2v) is 5.81. The molecule has 1 aliphatic carbocycles. The molecule has 0 spiro atoms. The van der Waals surface area contributed by atoms with Crippen LogP contribution in [0.15, 0.2) is 36.1 Å². The lowest BCUT2D eigenvalue weighted by Gasteiger charge is -2.35. The summed E-state index contributed by atoms with van der Waals surface area (Å²) in [5.74, 6) is 1.15. The highest BCUT2D eigenvalue weighted by molar-refractivity contribution is 5.83. The number of ether oxygens (including phenoxy) is 2. The summed E-state index contributed by atoms with van der Waals surface area (Å²) in [5, 5.41) is 0. The van der Waals surface area contributed by atoms with Crippen LogP contribution in [0.2, 0.25) is 0 Å². The number of benzene rings is 1. The first-order valence-electron chi connectivity index (χ1n) is 7.80. The summed E-state index contributed by atoms with van der Waals surface area (Å²) in [6.07, 6.45) is 3.51. The van der Waals surface area contributed by atoms with E-state index < -0.39 is 0 Å². The van der Waals surface area contributed by atoms with Gasteiger partial charge in [-0.05, 0) is 30.9 Å². The third-order valence-corrected chi connectivity index (χ3v) is 4.44. The first-order valence-corrected chi connectivity index (χ1v) is 7.80. The molecule has 2 atom stereocenters. The topological polar surface area (TPSA) is 35.5 Å². The molecule has 0 amide bonds. The predicted molar refractivity (Wildman–Crippen MR) is 81.7 cm³/mol. The van der Waals surface area contributed by atoms with Gasteiger partial charge in [0.15, 0.2) is 0 Å². The molecule has 3 heteroatoms. The number of hydrogen-bond donors (Lipinski definition) is 0. The predicted octanol–water partition coefficient (Wildman–Crippen LogP) is 3.59. The van der Waals surface area contributed by atoms with Crippen molar-refractivity contribution in [1.29, 1.82) is 0 Å². The largest absolute Gasteiger partial charge is 0.492 e. The maximum atomic E-state index is 12.2. The van der Waals surface area contributed by atoms with E-state index in [1.54, 1.807) is 0 Å². The van der Waals surface area contributed by atoms with E-state index in [2.05, 4.69) is 19.1 Å². The monoisotopic (exact) mass is 286 g/mol. The maximum Gasteiger partial charge on any atom is 0.139 e. The Morgan fingerprint density at radius 1 is 1.14 bits per heavy atom. The Bertz CT molecular complexity index is 533. The second kappa shape index (κ2) is 6.44. The van der Waals surface area contributed by atoms with Gasteiger partial charge >= 0.3 is 0 Å². The van der Waals surface area contributed by atoms with E-state index in [1.807, 2.05) is 18.2 Å². The molecule has 1 saturated carbocycles. The fraction of sp³-hybridized carbons (Fsp3) is 0.500. The number of hydrogen-bond acceptors (Lipinski definition) is 3. The minimum atomic E-state index is -0.202. The van der Waals surface area contributed by atoms with E-state index in [0.717, 1.165) is 36.2 Å². The van der Waals surface area contributed by atoms with Crippen LogP contribution < -0.4 is 0 Å². The van der Waals surface area contributed by atoms with Gasteiger partial charge in [0.05, 0.1) is 12.5 Å².